The lowest BCUT2D eigenvalue weighted by molar-refractivity contribution is -0.385. The van der Waals surface area contributed by atoms with Crippen molar-refractivity contribution in [3.63, 3.8) is 0 Å². The highest BCUT2D eigenvalue weighted by molar-refractivity contribution is 6.31. The van der Waals surface area contributed by atoms with E-state index in [1.807, 2.05) is 18.2 Å². The average molecular weight is 374 g/mol. The fraction of sp³-hybridized carbons (Fsp3) is 0.316. The first kappa shape index (κ1) is 18.4. The molecular formula is C19H20ClN3O3. The molecule has 2 aromatic rings. The lowest BCUT2D eigenvalue weighted by Crippen LogP contribution is -2.35. The Bertz CT molecular complexity index is 798. The highest BCUT2D eigenvalue weighted by atomic mass is 35.5. The Morgan fingerprint density at radius 2 is 1.85 bits per heavy atom. The average Bonchev–Trinajstić information content (AvgIpc) is 2.87. The van der Waals surface area contributed by atoms with Gasteiger partial charge in [-0.05, 0) is 24.1 Å². The summed E-state index contributed by atoms with van der Waals surface area (Å²) in [4.78, 5) is 27.5. The molecule has 1 aliphatic rings. The second kappa shape index (κ2) is 8.29. The van der Waals surface area contributed by atoms with Crippen molar-refractivity contribution in [1.82, 2.24) is 9.80 Å². The van der Waals surface area contributed by atoms with E-state index in [1.165, 1.54) is 23.8 Å². The number of hydrogen-bond donors (Lipinski definition) is 0. The van der Waals surface area contributed by atoms with Crippen molar-refractivity contribution >= 4 is 23.2 Å². The summed E-state index contributed by atoms with van der Waals surface area (Å²) in [6.45, 7) is 3.60. The molecule has 136 valence electrons. The van der Waals surface area contributed by atoms with E-state index in [0.717, 1.165) is 26.1 Å². The Hall–Kier alpha value is -2.44. The lowest BCUT2D eigenvalue weighted by atomic mass is 10.1. The van der Waals surface area contributed by atoms with E-state index in [2.05, 4.69) is 17.0 Å². The van der Waals surface area contributed by atoms with Gasteiger partial charge in [-0.15, -0.1) is 0 Å². The molecule has 0 aliphatic carbocycles. The van der Waals surface area contributed by atoms with Gasteiger partial charge in [-0.1, -0.05) is 41.9 Å². The van der Waals surface area contributed by atoms with Gasteiger partial charge in [-0.2, -0.15) is 0 Å². The van der Waals surface area contributed by atoms with Gasteiger partial charge < -0.3 is 4.90 Å². The standard InChI is InChI=1S/C19H20ClN3O3/c20-16-7-8-17(18(13-16)23(25)26)19(24)22-10-4-9-21(11-12-22)14-15-5-2-1-3-6-15/h1-3,5-8,13H,4,9-12,14H2. The molecular weight excluding hydrogens is 354 g/mol. The summed E-state index contributed by atoms with van der Waals surface area (Å²) < 4.78 is 0. The van der Waals surface area contributed by atoms with Crippen LogP contribution in [0.15, 0.2) is 48.5 Å². The lowest BCUT2D eigenvalue weighted by Gasteiger charge is -2.22. The van der Waals surface area contributed by atoms with Crippen molar-refractivity contribution < 1.29 is 9.72 Å². The number of nitro benzene ring substituents is 1. The smallest absolute Gasteiger partial charge is 0.283 e. The third-order valence-corrected chi connectivity index (χ3v) is 4.75. The number of nitro groups is 1. The molecule has 0 bridgehead atoms. The van der Waals surface area contributed by atoms with Gasteiger partial charge in [0.05, 0.1) is 4.92 Å². The molecule has 7 heteroatoms. The zero-order valence-corrected chi connectivity index (χ0v) is 15.1. The zero-order valence-electron chi connectivity index (χ0n) is 14.3. The van der Waals surface area contributed by atoms with Crippen LogP contribution in [-0.4, -0.2) is 46.8 Å². The Labute approximate surface area is 157 Å². The van der Waals surface area contributed by atoms with Crippen LogP contribution < -0.4 is 0 Å². The Kier molecular flexibility index (Phi) is 5.85. The molecule has 0 spiro atoms. The van der Waals surface area contributed by atoms with Crippen LogP contribution in [-0.2, 0) is 6.54 Å². The molecule has 6 nitrogen and oxygen atoms in total. The van der Waals surface area contributed by atoms with Gasteiger partial charge in [0.25, 0.3) is 11.6 Å². The minimum atomic E-state index is -0.557. The normalized spacial score (nSPS) is 15.5. The Balaban J connectivity index is 1.69. The number of halogens is 1. The van der Waals surface area contributed by atoms with Crippen LogP contribution >= 0.6 is 11.6 Å². The molecule has 3 rings (SSSR count). The number of carbonyl (C=O) groups is 1. The first-order chi connectivity index (χ1) is 12.5. The molecule has 1 amide bonds. The minimum absolute atomic E-state index is 0.0934. The van der Waals surface area contributed by atoms with E-state index >= 15 is 0 Å². The van der Waals surface area contributed by atoms with Gasteiger partial charge in [-0.3, -0.25) is 19.8 Å². The fourth-order valence-electron chi connectivity index (χ4n) is 3.18. The molecule has 1 saturated heterocycles. The topological polar surface area (TPSA) is 66.7 Å². The van der Waals surface area contributed by atoms with Crippen molar-refractivity contribution in [2.24, 2.45) is 0 Å². The molecule has 0 N–H and O–H groups in total. The van der Waals surface area contributed by atoms with Gasteiger partial charge in [0.2, 0.25) is 0 Å². The minimum Gasteiger partial charge on any atom is -0.337 e. The summed E-state index contributed by atoms with van der Waals surface area (Å²) in [5.74, 6) is -0.310. The number of rotatable bonds is 4. The van der Waals surface area contributed by atoms with Gasteiger partial charge in [0.15, 0.2) is 0 Å². The summed E-state index contributed by atoms with van der Waals surface area (Å²) in [5, 5.41) is 11.5. The molecule has 1 aliphatic heterocycles. The van der Waals surface area contributed by atoms with Gasteiger partial charge >= 0.3 is 0 Å². The highest BCUT2D eigenvalue weighted by Crippen LogP contribution is 2.25. The molecule has 0 aromatic heterocycles. The Morgan fingerprint density at radius 3 is 2.58 bits per heavy atom. The number of nitrogens with zero attached hydrogens (tertiary/aromatic N) is 3. The molecule has 1 heterocycles. The first-order valence-corrected chi connectivity index (χ1v) is 8.92. The van der Waals surface area contributed by atoms with Gasteiger partial charge in [0.1, 0.15) is 5.56 Å². The van der Waals surface area contributed by atoms with E-state index in [1.54, 1.807) is 4.90 Å². The van der Waals surface area contributed by atoms with E-state index < -0.39 is 4.92 Å². The van der Waals surface area contributed by atoms with Crippen LogP contribution in [0, 0.1) is 10.1 Å². The SMILES string of the molecule is O=C(c1ccc(Cl)cc1[N+](=O)[O-])N1CCCN(Cc2ccccc2)CC1. The third kappa shape index (κ3) is 4.39. The summed E-state index contributed by atoms with van der Waals surface area (Å²) >= 11 is 5.84. The van der Waals surface area contributed by atoms with Crippen LogP contribution in [0.4, 0.5) is 5.69 Å². The fourth-order valence-corrected chi connectivity index (χ4v) is 3.35. The van der Waals surface area contributed by atoms with E-state index in [9.17, 15) is 14.9 Å². The number of carbonyl (C=O) groups excluding carboxylic acids is 1. The van der Waals surface area contributed by atoms with Crippen LogP contribution in [0.3, 0.4) is 0 Å². The summed E-state index contributed by atoms with van der Waals surface area (Å²) in [6.07, 6.45) is 0.833. The van der Waals surface area contributed by atoms with Crippen molar-refractivity contribution in [1.29, 1.82) is 0 Å². The molecule has 26 heavy (non-hydrogen) atoms. The predicted octanol–water partition coefficient (Wildman–Crippen LogP) is 3.60. The molecule has 1 fully saturated rings. The van der Waals surface area contributed by atoms with Crippen molar-refractivity contribution in [2.45, 2.75) is 13.0 Å². The molecule has 0 unspecified atom stereocenters. The number of benzene rings is 2. The van der Waals surface area contributed by atoms with Crippen LogP contribution in [0.2, 0.25) is 5.02 Å². The molecule has 0 saturated carbocycles. The Morgan fingerprint density at radius 1 is 1.08 bits per heavy atom. The second-order valence-electron chi connectivity index (χ2n) is 6.33. The summed E-state index contributed by atoms with van der Waals surface area (Å²) in [7, 11) is 0. The molecule has 2 aromatic carbocycles. The summed E-state index contributed by atoms with van der Waals surface area (Å²) in [6, 6.07) is 14.4. The monoisotopic (exact) mass is 373 g/mol. The highest BCUT2D eigenvalue weighted by Gasteiger charge is 2.26. The maximum atomic E-state index is 12.8. The van der Waals surface area contributed by atoms with Crippen LogP contribution in [0.1, 0.15) is 22.3 Å². The van der Waals surface area contributed by atoms with E-state index in [4.69, 9.17) is 11.6 Å². The van der Waals surface area contributed by atoms with Crippen molar-refractivity contribution in [3.8, 4) is 0 Å². The maximum Gasteiger partial charge on any atom is 0.283 e. The predicted molar refractivity (Wildman–Crippen MR) is 100 cm³/mol. The first-order valence-electron chi connectivity index (χ1n) is 8.54. The van der Waals surface area contributed by atoms with E-state index in [0.29, 0.717) is 13.1 Å². The quantitative estimate of drug-likeness (QED) is 0.606. The second-order valence-corrected chi connectivity index (χ2v) is 6.76. The number of hydrogen-bond acceptors (Lipinski definition) is 4. The molecule has 0 atom stereocenters. The zero-order chi connectivity index (χ0) is 18.5. The number of amides is 1. The van der Waals surface area contributed by atoms with Crippen molar-refractivity contribution in [2.75, 3.05) is 26.2 Å². The maximum absolute atomic E-state index is 12.8. The molecule has 0 radical (unpaired) electrons. The van der Waals surface area contributed by atoms with E-state index in [-0.39, 0.29) is 22.2 Å². The largest absolute Gasteiger partial charge is 0.337 e. The van der Waals surface area contributed by atoms with Gasteiger partial charge in [0, 0.05) is 43.8 Å². The summed E-state index contributed by atoms with van der Waals surface area (Å²) in [5.41, 5.74) is 1.09. The van der Waals surface area contributed by atoms with Crippen molar-refractivity contribution in [3.05, 3.63) is 74.8 Å². The van der Waals surface area contributed by atoms with Crippen LogP contribution in [0.25, 0.3) is 0 Å². The van der Waals surface area contributed by atoms with Gasteiger partial charge in [-0.25, -0.2) is 0 Å². The third-order valence-electron chi connectivity index (χ3n) is 4.51. The van der Waals surface area contributed by atoms with Crippen LogP contribution in [0.5, 0.6) is 0 Å².